The normalized spacial score (nSPS) is 20.0. The van der Waals surface area contributed by atoms with E-state index in [2.05, 4.69) is 53.6 Å². The van der Waals surface area contributed by atoms with E-state index in [4.69, 9.17) is 0 Å². The average molecular weight is 326 g/mol. The zero-order valence-electron chi connectivity index (χ0n) is 13.8. The molecule has 2 atom stereocenters. The van der Waals surface area contributed by atoms with Crippen molar-refractivity contribution in [1.82, 2.24) is 15.5 Å². The molecule has 0 radical (unpaired) electrons. The number of halogens is 1. The largest absolute Gasteiger partial charge is 0.348 e. The summed E-state index contributed by atoms with van der Waals surface area (Å²) in [5, 5.41) is 6.44. The standard InChI is InChI=1S/C17H27N3O.ClH/c1-4-15-5-7-16(8-6-15)14(3)19-17(21)12-20-10-9-18-11-13(20)2;/h5-8,13-14,18H,4,9-12H2,1-3H3,(H,19,21);1H/t13-,14?;/m1./s1. The van der Waals surface area contributed by atoms with Crippen molar-refractivity contribution < 1.29 is 4.79 Å². The topological polar surface area (TPSA) is 44.4 Å². The summed E-state index contributed by atoms with van der Waals surface area (Å²) >= 11 is 0. The molecule has 1 heterocycles. The van der Waals surface area contributed by atoms with Crippen molar-refractivity contribution in [3.05, 3.63) is 35.4 Å². The van der Waals surface area contributed by atoms with E-state index in [1.54, 1.807) is 0 Å². The number of carbonyl (C=O) groups is 1. The van der Waals surface area contributed by atoms with Crippen molar-refractivity contribution in [3.8, 4) is 0 Å². The Balaban J connectivity index is 0.00000242. The molecule has 4 nitrogen and oxygen atoms in total. The van der Waals surface area contributed by atoms with Gasteiger partial charge in [0, 0.05) is 25.7 Å². The van der Waals surface area contributed by atoms with Gasteiger partial charge in [-0.2, -0.15) is 0 Å². The Bertz CT molecular complexity index is 463. The van der Waals surface area contributed by atoms with Gasteiger partial charge in [0.1, 0.15) is 0 Å². The lowest BCUT2D eigenvalue weighted by atomic mass is 10.0. The summed E-state index contributed by atoms with van der Waals surface area (Å²) in [7, 11) is 0. The van der Waals surface area contributed by atoms with Crippen LogP contribution in [0.5, 0.6) is 0 Å². The van der Waals surface area contributed by atoms with Crippen LogP contribution >= 0.6 is 12.4 Å². The average Bonchev–Trinajstić information content (AvgIpc) is 2.49. The van der Waals surface area contributed by atoms with Crippen LogP contribution in [-0.2, 0) is 11.2 Å². The van der Waals surface area contributed by atoms with Crippen LogP contribution in [-0.4, -0.2) is 43.0 Å². The Kier molecular flexibility index (Phi) is 7.87. The highest BCUT2D eigenvalue weighted by molar-refractivity contribution is 5.85. The molecule has 1 unspecified atom stereocenters. The van der Waals surface area contributed by atoms with E-state index in [-0.39, 0.29) is 24.4 Å². The number of hydrogen-bond donors (Lipinski definition) is 2. The number of benzene rings is 1. The first-order valence-electron chi connectivity index (χ1n) is 7.93. The smallest absolute Gasteiger partial charge is 0.234 e. The fourth-order valence-electron chi connectivity index (χ4n) is 2.71. The molecule has 2 rings (SSSR count). The van der Waals surface area contributed by atoms with Crippen LogP contribution in [0, 0.1) is 0 Å². The van der Waals surface area contributed by atoms with Gasteiger partial charge in [0.05, 0.1) is 12.6 Å². The minimum Gasteiger partial charge on any atom is -0.348 e. The van der Waals surface area contributed by atoms with Crippen LogP contribution in [0.3, 0.4) is 0 Å². The summed E-state index contributed by atoms with van der Waals surface area (Å²) in [5.74, 6) is 0.107. The second-order valence-corrected chi connectivity index (χ2v) is 5.91. The molecule has 0 saturated carbocycles. The molecule has 1 aromatic carbocycles. The second kappa shape index (κ2) is 9.13. The summed E-state index contributed by atoms with van der Waals surface area (Å²) in [4.78, 5) is 14.4. The maximum absolute atomic E-state index is 12.2. The first-order chi connectivity index (χ1) is 10.1. The van der Waals surface area contributed by atoms with Gasteiger partial charge >= 0.3 is 0 Å². The van der Waals surface area contributed by atoms with E-state index in [0.717, 1.165) is 31.6 Å². The Morgan fingerprint density at radius 3 is 2.68 bits per heavy atom. The number of nitrogens with one attached hydrogen (secondary N) is 2. The lowest BCUT2D eigenvalue weighted by Gasteiger charge is -2.33. The number of piperazine rings is 1. The second-order valence-electron chi connectivity index (χ2n) is 5.91. The highest BCUT2D eigenvalue weighted by atomic mass is 35.5. The van der Waals surface area contributed by atoms with Gasteiger partial charge in [0.2, 0.25) is 5.91 Å². The summed E-state index contributed by atoms with van der Waals surface area (Å²) in [6, 6.07) is 8.96. The third-order valence-corrected chi connectivity index (χ3v) is 4.25. The zero-order valence-corrected chi connectivity index (χ0v) is 14.6. The molecule has 1 aliphatic heterocycles. The van der Waals surface area contributed by atoms with Crippen LogP contribution in [0.1, 0.15) is 37.9 Å². The predicted molar refractivity (Wildman–Crippen MR) is 93.5 cm³/mol. The van der Waals surface area contributed by atoms with Crippen LogP contribution in [0.2, 0.25) is 0 Å². The number of hydrogen-bond acceptors (Lipinski definition) is 3. The predicted octanol–water partition coefficient (Wildman–Crippen LogP) is 2.14. The van der Waals surface area contributed by atoms with Crippen molar-refractivity contribution in [2.24, 2.45) is 0 Å². The Labute approximate surface area is 140 Å². The van der Waals surface area contributed by atoms with Crippen molar-refractivity contribution in [1.29, 1.82) is 0 Å². The number of nitrogens with zero attached hydrogens (tertiary/aromatic N) is 1. The Morgan fingerprint density at radius 2 is 2.09 bits per heavy atom. The molecule has 1 saturated heterocycles. The molecule has 0 aliphatic carbocycles. The van der Waals surface area contributed by atoms with Crippen LogP contribution in [0.25, 0.3) is 0 Å². The third kappa shape index (κ3) is 5.27. The van der Waals surface area contributed by atoms with Gasteiger partial charge in [-0.1, -0.05) is 31.2 Å². The lowest BCUT2D eigenvalue weighted by Crippen LogP contribution is -2.52. The van der Waals surface area contributed by atoms with E-state index in [9.17, 15) is 4.79 Å². The van der Waals surface area contributed by atoms with E-state index < -0.39 is 0 Å². The van der Waals surface area contributed by atoms with Crippen LogP contribution in [0.4, 0.5) is 0 Å². The summed E-state index contributed by atoms with van der Waals surface area (Å²) in [6.45, 7) is 9.70. The van der Waals surface area contributed by atoms with Gasteiger partial charge in [0.15, 0.2) is 0 Å². The molecular weight excluding hydrogens is 298 g/mol. The number of aryl methyl sites for hydroxylation is 1. The monoisotopic (exact) mass is 325 g/mol. The van der Waals surface area contributed by atoms with Gasteiger partial charge in [-0.15, -0.1) is 12.4 Å². The van der Waals surface area contributed by atoms with Crippen LogP contribution in [0.15, 0.2) is 24.3 Å². The molecule has 1 aliphatic rings. The first kappa shape index (κ1) is 18.9. The minimum atomic E-state index is 0. The van der Waals surface area contributed by atoms with E-state index >= 15 is 0 Å². The number of amides is 1. The van der Waals surface area contributed by atoms with Crippen LogP contribution < -0.4 is 10.6 Å². The molecule has 2 N–H and O–H groups in total. The van der Waals surface area contributed by atoms with Gasteiger partial charge in [0.25, 0.3) is 0 Å². The zero-order chi connectivity index (χ0) is 15.2. The number of rotatable bonds is 5. The van der Waals surface area contributed by atoms with E-state index in [1.165, 1.54) is 5.56 Å². The Morgan fingerprint density at radius 1 is 1.41 bits per heavy atom. The third-order valence-electron chi connectivity index (χ3n) is 4.25. The molecule has 1 amide bonds. The first-order valence-corrected chi connectivity index (χ1v) is 7.93. The molecule has 5 heteroatoms. The fraction of sp³-hybridized carbons (Fsp3) is 0.588. The summed E-state index contributed by atoms with van der Waals surface area (Å²) < 4.78 is 0. The van der Waals surface area contributed by atoms with Gasteiger partial charge < -0.3 is 10.6 Å². The maximum Gasteiger partial charge on any atom is 0.234 e. The molecule has 124 valence electrons. The summed E-state index contributed by atoms with van der Waals surface area (Å²) in [6.07, 6.45) is 1.04. The highest BCUT2D eigenvalue weighted by Crippen LogP contribution is 2.14. The number of carbonyl (C=O) groups excluding carboxylic acids is 1. The molecule has 0 aromatic heterocycles. The molecule has 0 bridgehead atoms. The minimum absolute atomic E-state index is 0. The molecule has 1 fully saturated rings. The van der Waals surface area contributed by atoms with Crippen molar-refractivity contribution in [2.75, 3.05) is 26.2 Å². The summed E-state index contributed by atoms with van der Waals surface area (Å²) in [5.41, 5.74) is 2.49. The van der Waals surface area contributed by atoms with Gasteiger partial charge in [-0.05, 0) is 31.4 Å². The van der Waals surface area contributed by atoms with Crippen molar-refractivity contribution >= 4 is 18.3 Å². The Hall–Kier alpha value is -1.10. The SMILES string of the molecule is CCc1ccc(C(C)NC(=O)CN2CCNC[C@H]2C)cc1.Cl. The molecule has 22 heavy (non-hydrogen) atoms. The van der Waals surface area contributed by atoms with Crippen molar-refractivity contribution in [2.45, 2.75) is 39.3 Å². The van der Waals surface area contributed by atoms with E-state index in [0.29, 0.717) is 12.6 Å². The molecule has 0 spiro atoms. The van der Waals surface area contributed by atoms with E-state index in [1.807, 2.05) is 6.92 Å². The van der Waals surface area contributed by atoms with Gasteiger partial charge in [-0.25, -0.2) is 0 Å². The lowest BCUT2D eigenvalue weighted by molar-refractivity contribution is -0.123. The molecular formula is C17H28ClN3O. The maximum atomic E-state index is 12.2. The quantitative estimate of drug-likeness (QED) is 0.872. The van der Waals surface area contributed by atoms with Gasteiger partial charge in [-0.3, -0.25) is 9.69 Å². The highest BCUT2D eigenvalue weighted by Gasteiger charge is 2.21. The van der Waals surface area contributed by atoms with Crippen molar-refractivity contribution in [3.63, 3.8) is 0 Å². The molecule has 1 aromatic rings. The fourth-order valence-corrected chi connectivity index (χ4v) is 2.71.